The lowest BCUT2D eigenvalue weighted by Gasteiger charge is -2.44. The number of likely N-dealkylation sites (tertiary alicyclic amines) is 2. The summed E-state index contributed by atoms with van der Waals surface area (Å²) in [6, 6.07) is 39.8. The Morgan fingerprint density at radius 2 is 1.24 bits per heavy atom. The Kier molecular flexibility index (Phi) is 28.4. The SMILES string of the molecule is CN(CCN1CCC(OC(=O)Nc2ccccc2-c2ccccc2)CC1)C(=O)CCCC1CCN(c2ccc(C(=O)N(C)CCCN(C)C(=O)CO[C@H]3Cc4ccccc4C34CCN(CC[C@@]3(c5ccc(F)cc5)CN(C(=O)c5cc(C(F)(F)F)cc(C(F)(F)F)c5)CO3)CC4)cc2)CC1.Cl.Cl.Cl. The zero-order valence-electron chi connectivity index (χ0n) is 58.2. The van der Waals surface area contributed by atoms with Crippen molar-refractivity contribution in [2.24, 2.45) is 5.92 Å². The Balaban J connectivity index is 0.00000448. The molecule has 0 unspecified atom stereocenters. The summed E-state index contributed by atoms with van der Waals surface area (Å²) in [7, 11) is 5.37. The molecule has 4 heterocycles. The fourth-order valence-electron chi connectivity index (χ4n) is 15.0. The topological polar surface area (TPSA) is 148 Å². The average molecular weight is 1500 g/mol. The van der Waals surface area contributed by atoms with Crippen LogP contribution < -0.4 is 10.2 Å². The molecule has 5 amide bonds. The predicted octanol–water partition coefficient (Wildman–Crippen LogP) is 14.7. The Morgan fingerprint density at radius 1 is 0.631 bits per heavy atom. The first-order chi connectivity index (χ1) is 47.9. The molecule has 11 rings (SSSR count). The van der Waals surface area contributed by atoms with Gasteiger partial charge in [0.05, 0.1) is 29.5 Å². The van der Waals surface area contributed by atoms with Crippen LogP contribution in [-0.2, 0) is 53.6 Å². The molecule has 4 aliphatic heterocycles. The number of ether oxygens (including phenoxy) is 3. The minimum Gasteiger partial charge on any atom is -0.446 e. The molecule has 1 spiro atoms. The van der Waals surface area contributed by atoms with Crippen molar-refractivity contribution in [1.29, 1.82) is 0 Å². The highest BCUT2D eigenvalue weighted by Gasteiger charge is 2.50. The van der Waals surface area contributed by atoms with Crippen LogP contribution in [-0.4, -0.2) is 184 Å². The standard InChI is InChI=1S/C77H89F7N8O8.3ClH/c1-86(70(94)51-98-68-49-57-16-7-9-18-66(57)74(68)33-42-90(43-34-74)44-35-75(59-23-25-62(78)26-24-59)52-92(53-99-75)72(96)58-47-60(76(79,80)81)50-61(48-58)77(82,83)84)36-12-37-88(3)71(95)56-21-27-63(28-22-56)91-40-29-54(30-41-91)13-11-20-69(93)87(2)45-46-89-38-31-64(32-39-89)100-73(97)85-67-19-10-8-17-65(67)55-14-5-4-6-15-55;;;/h4-10,14-19,21-28,47-48,50,54,64,68H,11-13,20,29-46,49,51-53H2,1-3H3,(H,85,97);3*1H/t68-,75-;;;/m0.../s1. The smallest absolute Gasteiger partial charge is 0.416 e. The number of alkyl halides is 6. The van der Waals surface area contributed by atoms with Gasteiger partial charge in [-0.05, 0) is 173 Å². The van der Waals surface area contributed by atoms with Gasteiger partial charge in [0.2, 0.25) is 11.8 Å². The fourth-order valence-corrected chi connectivity index (χ4v) is 15.0. The van der Waals surface area contributed by atoms with Gasteiger partial charge in [-0.25, -0.2) is 9.18 Å². The molecular weight excluding hydrogens is 1400 g/mol. The lowest BCUT2D eigenvalue weighted by molar-refractivity contribution is -0.143. The number of rotatable bonds is 24. The van der Waals surface area contributed by atoms with E-state index in [0.717, 1.165) is 98.5 Å². The molecule has 4 saturated heterocycles. The van der Waals surface area contributed by atoms with E-state index in [-0.39, 0.29) is 92.8 Å². The summed E-state index contributed by atoms with van der Waals surface area (Å²) in [6.45, 7) is 6.51. The maximum Gasteiger partial charge on any atom is 0.416 e. The summed E-state index contributed by atoms with van der Waals surface area (Å²) in [5.74, 6) is -1.20. The van der Waals surface area contributed by atoms with Gasteiger partial charge < -0.3 is 48.5 Å². The summed E-state index contributed by atoms with van der Waals surface area (Å²) < 4.78 is 116. The van der Waals surface area contributed by atoms with Crippen LogP contribution in [0.25, 0.3) is 11.1 Å². The van der Waals surface area contributed by atoms with Crippen molar-refractivity contribution < 1.29 is 68.9 Å². The Bertz CT molecular complexity index is 3770. The fraction of sp³-hybridized carbons (Fsp3) is 0.468. The Labute approximate surface area is 616 Å². The zero-order valence-corrected chi connectivity index (χ0v) is 60.7. The molecule has 103 heavy (non-hydrogen) atoms. The molecule has 16 nitrogen and oxygen atoms in total. The third-order valence-electron chi connectivity index (χ3n) is 21.1. The van der Waals surface area contributed by atoms with E-state index in [1.54, 1.807) is 23.9 Å². The molecule has 5 aliphatic rings. The number of amides is 5. The second-order valence-corrected chi connectivity index (χ2v) is 27.5. The molecule has 6 aromatic rings. The summed E-state index contributed by atoms with van der Waals surface area (Å²) in [5, 5.41) is 2.94. The normalized spacial score (nSPS) is 18.6. The maximum atomic E-state index is 14.3. The first kappa shape index (κ1) is 81.2. The van der Waals surface area contributed by atoms with Crippen LogP contribution in [0.1, 0.15) is 119 Å². The van der Waals surface area contributed by atoms with E-state index < -0.39 is 64.6 Å². The van der Waals surface area contributed by atoms with Gasteiger partial charge in [-0.2, -0.15) is 26.3 Å². The molecule has 0 aromatic heterocycles. The highest BCUT2D eigenvalue weighted by atomic mass is 35.5. The highest BCUT2D eigenvalue weighted by molar-refractivity contribution is 5.95. The van der Waals surface area contributed by atoms with Gasteiger partial charge in [-0.15, -0.1) is 37.2 Å². The van der Waals surface area contributed by atoms with Gasteiger partial charge in [-0.3, -0.25) is 24.5 Å². The van der Waals surface area contributed by atoms with Crippen LogP contribution in [0.4, 0.5) is 46.9 Å². The minimum atomic E-state index is -5.15. The van der Waals surface area contributed by atoms with Gasteiger partial charge in [0.1, 0.15) is 30.9 Å². The monoisotopic (exact) mass is 1490 g/mol. The van der Waals surface area contributed by atoms with Gasteiger partial charge in [0.25, 0.3) is 11.8 Å². The van der Waals surface area contributed by atoms with Crippen molar-refractivity contribution in [3.8, 4) is 11.1 Å². The van der Waals surface area contributed by atoms with Crippen molar-refractivity contribution in [2.45, 2.75) is 113 Å². The summed E-state index contributed by atoms with van der Waals surface area (Å²) >= 11 is 0. The van der Waals surface area contributed by atoms with Crippen LogP contribution in [0.2, 0.25) is 0 Å². The largest absolute Gasteiger partial charge is 0.446 e. The number of hydrogen-bond donors (Lipinski definition) is 1. The Morgan fingerprint density at radius 3 is 1.91 bits per heavy atom. The Hall–Kier alpha value is -7.51. The number of anilines is 2. The first-order valence-electron chi connectivity index (χ1n) is 34.8. The number of carbonyl (C=O) groups excluding carboxylic acids is 5. The van der Waals surface area contributed by atoms with Crippen LogP contribution >= 0.6 is 37.2 Å². The van der Waals surface area contributed by atoms with E-state index in [2.05, 4.69) is 32.1 Å². The first-order valence-corrected chi connectivity index (χ1v) is 34.8. The van der Waals surface area contributed by atoms with Gasteiger partial charge >= 0.3 is 18.4 Å². The zero-order chi connectivity index (χ0) is 70.8. The number of hydrogen-bond acceptors (Lipinski definition) is 11. The molecular formula is C77H92Cl3F7N8O8. The minimum absolute atomic E-state index is 0. The highest BCUT2D eigenvalue weighted by Crippen LogP contribution is 2.49. The van der Waals surface area contributed by atoms with E-state index in [9.17, 15) is 54.7 Å². The van der Waals surface area contributed by atoms with Crippen molar-refractivity contribution in [3.63, 3.8) is 0 Å². The average Bonchev–Trinajstić information content (AvgIpc) is 1.61. The molecule has 1 N–H and O–H groups in total. The van der Waals surface area contributed by atoms with Crippen molar-refractivity contribution in [2.75, 3.05) is 123 Å². The predicted molar refractivity (Wildman–Crippen MR) is 389 cm³/mol. The lowest BCUT2D eigenvalue weighted by Crippen LogP contribution is -2.50. The number of halogens is 10. The van der Waals surface area contributed by atoms with Crippen LogP contribution in [0.3, 0.4) is 0 Å². The third kappa shape index (κ3) is 20.3. The maximum absolute atomic E-state index is 14.3. The number of nitrogens with zero attached hydrogens (tertiary/aromatic N) is 7. The van der Waals surface area contributed by atoms with E-state index in [1.807, 2.05) is 103 Å². The second kappa shape index (κ2) is 36.0. The van der Waals surface area contributed by atoms with E-state index in [1.165, 1.54) is 29.8 Å². The number of piperidine rings is 3. The van der Waals surface area contributed by atoms with Crippen molar-refractivity contribution in [1.82, 2.24) is 29.4 Å². The number of para-hydroxylation sites is 1. The number of fused-ring (bicyclic) bond motifs is 2. The van der Waals surface area contributed by atoms with Gasteiger partial charge in [0.15, 0.2) is 0 Å². The van der Waals surface area contributed by atoms with E-state index in [4.69, 9.17) is 14.2 Å². The van der Waals surface area contributed by atoms with E-state index in [0.29, 0.717) is 106 Å². The summed E-state index contributed by atoms with van der Waals surface area (Å²) in [4.78, 5) is 80.3. The molecule has 0 bridgehead atoms. The molecule has 2 atom stereocenters. The molecule has 558 valence electrons. The van der Waals surface area contributed by atoms with Gasteiger partial charge in [-0.1, -0.05) is 84.9 Å². The summed E-state index contributed by atoms with van der Waals surface area (Å²) in [5.41, 5.74) is 1.44. The van der Waals surface area contributed by atoms with Gasteiger partial charge in [0, 0.05) is 114 Å². The quantitative estimate of drug-likeness (QED) is 0.0578. The molecule has 0 radical (unpaired) electrons. The molecule has 1 aliphatic carbocycles. The van der Waals surface area contributed by atoms with Crippen molar-refractivity contribution in [3.05, 3.63) is 190 Å². The second-order valence-electron chi connectivity index (χ2n) is 27.5. The number of likely N-dealkylation sites (N-methyl/N-ethyl adjacent to an activating group) is 2. The third-order valence-corrected chi connectivity index (χ3v) is 21.1. The van der Waals surface area contributed by atoms with Crippen molar-refractivity contribution >= 4 is 78.3 Å². The van der Waals surface area contributed by atoms with E-state index >= 15 is 0 Å². The molecule has 6 aromatic carbocycles. The molecule has 0 saturated carbocycles. The molecule has 26 heteroatoms. The lowest BCUT2D eigenvalue weighted by atomic mass is 9.72. The number of benzene rings is 6. The number of carbonyl (C=O) groups is 5. The van der Waals surface area contributed by atoms with Crippen LogP contribution in [0.5, 0.6) is 0 Å². The van der Waals surface area contributed by atoms with Crippen LogP contribution in [0.15, 0.2) is 146 Å². The van der Waals surface area contributed by atoms with Crippen LogP contribution in [0, 0.1) is 11.7 Å². The molecule has 4 fully saturated rings. The number of nitrogens with one attached hydrogen (secondary N) is 1. The summed E-state index contributed by atoms with van der Waals surface area (Å²) in [6.07, 6.45) is -2.54.